The van der Waals surface area contributed by atoms with Gasteiger partial charge in [0.2, 0.25) is 5.91 Å². The lowest BCUT2D eigenvalue weighted by molar-refractivity contribution is -0.122. The second-order valence-electron chi connectivity index (χ2n) is 4.49. The number of aryl methyl sites for hydroxylation is 1. The van der Waals surface area contributed by atoms with E-state index >= 15 is 0 Å². The van der Waals surface area contributed by atoms with E-state index in [1.54, 1.807) is 0 Å². The summed E-state index contributed by atoms with van der Waals surface area (Å²) in [7, 11) is 0. The lowest BCUT2D eigenvalue weighted by Crippen LogP contribution is -2.41. The first kappa shape index (κ1) is 14.0. The first-order chi connectivity index (χ1) is 7.90. The summed E-state index contributed by atoms with van der Waals surface area (Å²) in [6.45, 7) is 7.78. The van der Waals surface area contributed by atoms with Crippen LogP contribution in [-0.4, -0.2) is 18.0 Å². The predicted molar refractivity (Wildman–Crippen MR) is 75.2 cm³/mol. The van der Waals surface area contributed by atoms with Gasteiger partial charge in [0.25, 0.3) is 0 Å². The van der Waals surface area contributed by atoms with Crippen molar-refractivity contribution < 1.29 is 4.79 Å². The number of benzene rings is 1. The van der Waals surface area contributed by atoms with E-state index in [4.69, 9.17) is 0 Å². The third-order valence-corrected chi connectivity index (χ3v) is 2.88. The zero-order chi connectivity index (χ0) is 13.0. The van der Waals surface area contributed by atoms with Gasteiger partial charge in [-0.3, -0.25) is 4.79 Å². The van der Waals surface area contributed by atoms with Crippen molar-refractivity contribution in [3.05, 3.63) is 28.2 Å². The maximum atomic E-state index is 11.8. The lowest BCUT2D eigenvalue weighted by Gasteiger charge is -2.18. The highest BCUT2D eigenvalue weighted by atomic mass is 79.9. The molecule has 17 heavy (non-hydrogen) atoms. The fourth-order valence-electron chi connectivity index (χ4n) is 1.50. The van der Waals surface area contributed by atoms with Gasteiger partial charge in [0.15, 0.2) is 0 Å². The zero-order valence-electron chi connectivity index (χ0n) is 10.7. The summed E-state index contributed by atoms with van der Waals surface area (Å²) in [5.41, 5.74) is 2.10. The van der Waals surface area contributed by atoms with E-state index in [-0.39, 0.29) is 18.0 Å². The molecule has 0 fully saturated rings. The van der Waals surface area contributed by atoms with Crippen LogP contribution < -0.4 is 10.6 Å². The van der Waals surface area contributed by atoms with Crippen LogP contribution in [0.4, 0.5) is 5.69 Å². The van der Waals surface area contributed by atoms with Gasteiger partial charge in [-0.1, -0.05) is 15.9 Å². The van der Waals surface area contributed by atoms with Gasteiger partial charge in [0.1, 0.15) is 6.04 Å². The average Bonchev–Trinajstić information content (AvgIpc) is 2.21. The van der Waals surface area contributed by atoms with E-state index in [9.17, 15) is 4.79 Å². The minimum Gasteiger partial charge on any atom is -0.374 e. The van der Waals surface area contributed by atoms with E-state index < -0.39 is 0 Å². The molecule has 0 aromatic heterocycles. The highest BCUT2D eigenvalue weighted by molar-refractivity contribution is 9.10. The molecule has 0 saturated carbocycles. The first-order valence-electron chi connectivity index (χ1n) is 5.73. The topological polar surface area (TPSA) is 41.1 Å². The molecule has 0 saturated heterocycles. The number of hydrogen-bond donors (Lipinski definition) is 2. The Morgan fingerprint density at radius 2 is 1.94 bits per heavy atom. The van der Waals surface area contributed by atoms with Crippen LogP contribution in [0.3, 0.4) is 0 Å². The van der Waals surface area contributed by atoms with Crippen molar-refractivity contribution in [3.63, 3.8) is 0 Å². The molecule has 2 N–H and O–H groups in total. The molecule has 3 nitrogen and oxygen atoms in total. The van der Waals surface area contributed by atoms with Crippen LogP contribution in [0.5, 0.6) is 0 Å². The third-order valence-electron chi connectivity index (χ3n) is 2.38. The summed E-state index contributed by atoms with van der Waals surface area (Å²) in [5.74, 6) is 0.0160. The van der Waals surface area contributed by atoms with Crippen LogP contribution in [0.1, 0.15) is 26.3 Å². The van der Waals surface area contributed by atoms with Crippen LogP contribution in [0.25, 0.3) is 0 Å². The molecule has 1 rings (SSSR count). The summed E-state index contributed by atoms with van der Waals surface area (Å²) < 4.78 is 1.04. The van der Waals surface area contributed by atoms with E-state index in [1.165, 1.54) is 0 Å². The SMILES string of the molecule is Cc1cc(Br)ccc1NC(C)C(=O)NC(C)C. The molecule has 0 aliphatic carbocycles. The molecule has 0 aliphatic rings. The monoisotopic (exact) mass is 298 g/mol. The molecule has 1 amide bonds. The minimum absolute atomic E-state index is 0.0160. The van der Waals surface area contributed by atoms with Gasteiger partial charge in [-0.25, -0.2) is 0 Å². The van der Waals surface area contributed by atoms with Crippen molar-refractivity contribution in [2.24, 2.45) is 0 Å². The molecule has 1 aromatic rings. The van der Waals surface area contributed by atoms with Crippen molar-refractivity contribution in [2.75, 3.05) is 5.32 Å². The van der Waals surface area contributed by atoms with Crippen LogP contribution >= 0.6 is 15.9 Å². The predicted octanol–water partition coefficient (Wildman–Crippen LogP) is 3.08. The Bertz CT molecular complexity index is 404. The molecular weight excluding hydrogens is 280 g/mol. The molecule has 0 aliphatic heterocycles. The fraction of sp³-hybridized carbons (Fsp3) is 0.462. The first-order valence-corrected chi connectivity index (χ1v) is 6.52. The van der Waals surface area contributed by atoms with Crippen LogP contribution in [0.2, 0.25) is 0 Å². The quantitative estimate of drug-likeness (QED) is 0.897. The van der Waals surface area contributed by atoms with Gasteiger partial charge in [-0.15, -0.1) is 0 Å². The number of hydrogen-bond acceptors (Lipinski definition) is 2. The highest BCUT2D eigenvalue weighted by Crippen LogP contribution is 2.20. The third kappa shape index (κ3) is 4.38. The van der Waals surface area contributed by atoms with Crippen molar-refractivity contribution in [3.8, 4) is 0 Å². The van der Waals surface area contributed by atoms with Crippen LogP contribution in [0, 0.1) is 6.92 Å². The lowest BCUT2D eigenvalue weighted by atomic mass is 10.2. The summed E-state index contributed by atoms with van der Waals surface area (Å²) >= 11 is 3.42. The average molecular weight is 299 g/mol. The number of carbonyl (C=O) groups excluding carboxylic acids is 1. The Labute approximate surface area is 111 Å². The van der Waals surface area contributed by atoms with E-state index in [0.29, 0.717) is 0 Å². The maximum absolute atomic E-state index is 11.8. The minimum atomic E-state index is -0.239. The summed E-state index contributed by atoms with van der Waals surface area (Å²) in [6.07, 6.45) is 0. The Kier molecular flexibility index (Phi) is 5.00. The molecule has 1 aromatic carbocycles. The molecule has 94 valence electrons. The summed E-state index contributed by atoms with van der Waals surface area (Å²) in [4.78, 5) is 11.8. The number of amides is 1. The number of halogens is 1. The summed E-state index contributed by atoms with van der Waals surface area (Å²) in [5, 5.41) is 6.09. The number of anilines is 1. The normalized spacial score (nSPS) is 12.4. The van der Waals surface area contributed by atoms with Crippen molar-refractivity contribution >= 4 is 27.5 Å². The largest absolute Gasteiger partial charge is 0.374 e. The fourth-order valence-corrected chi connectivity index (χ4v) is 1.97. The Hall–Kier alpha value is -1.03. The van der Waals surface area contributed by atoms with Gasteiger partial charge in [-0.2, -0.15) is 0 Å². The zero-order valence-corrected chi connectivity index (χ0v) is 12.3. The van der Waals surface area contributed by atoms with Crippen molar-refractivity contribution in [1.82, 2.24) is 5.32 Å². The van der Waals surface area contributed by atoms with Gasteiger partial charge in [-0.05, 0) is 51.5 Å². The number of carbonyl (C=O) groups is 1. The Morgan fingerprint density at radius 3 is 2.47 bits per heavy atom. The maximum Gasteiger partial charge on any atom is 0.242 e. The molecule has 1 unspecified atom stereocenters. The molecular formula is C13H19BrN2O. The van der Waals surface area contributed by atoms with Gasteiger partial charge >= 0.3 is 0 Å². The molecule has 0 bridgehead atoms. The van der Waals surface area contributed by atoms with Crippen LogP contribution in [0.15, 0.2) is 22.7 Å². The van der Waals surface area contributed by atoms with E-state index in [0.717, 1.165) is 15.7 Å². The number of nitrogens with one attached hydrogen (secondary N) is 2. The molecule has 0 radical (unpaired) electrons. The van der Waals surface area contributed by atoms with Gasteiger partial charge in [0, 0.05) is 16.2 Å². The Balaban J connectivity index is 2.67. The van der Waals surface area contributed by atoms with Gasteiger partial charge < -0.3 is 10.6 Å². The van der Waals surface area contributed by atoms with E-state index in [2.05, 4.69) is 26.6 Å². The van der Waals surface area contributed by atoms with Crippen molar-refractivity contribution in [2.45, 2.75) is 39.8 Å². The smallest absolute Gasteiger partial charge is 0.242 e. The number of rotatable bonds is 4. The molecule has 1 atom stereocenters. The van der Waals surface area contributed by atoms with Crippen LogP contribution in [-0.2, 0) is 4.79 Å². The second kappa shape index (κ2) is 6.05. The molecule has 0 heterocycles. The Morgan fingerprint density at radius 1 is 1.29 bits per heavy atom. The standard InChI is InChI=1S/C13H19BrN2O/c1-8(2)15-13(17)10(4)16-12-6-5-11(14)7-9(12)3/h5-8,10,16H,1-4H3,(H,15,17). The molecule has 0 spiro atoms. The summed E-state index contributed by atoms with van der Waals surface area (Å²) in [6, 6.07) is 5.88. The molecule has 4 heteroatoms. The second-order valence-corrected chi connectivity index (χ2v) is 5.40. The van der Waals surface area contributed by atoms with E-state index in [1.807, 2.05) is 45.9 Å². The van der Waals surface area contributed by atoms with Gasteiger partial charge in [0.05, 0.1) is 0 Å². The van der Waals surface area contributed by atoms with Crippen molar-refractivity contribution in [1.29, 1.82) is 0 Å². The highest BCUT2D eigenvalue weighted by Gasteiger charge is 2.13.